The molecule has 0 amide bonds. The van der Waals surface area contributed by atoms with Crippen molar-refractivity contribution in [1.82, 2.24) is 8.61 Å². The maximum atomic E-state index is 12.7. The molecule has 0 spiro atoms. The maximum Gasteiger partial charge on any atom is 0.282 e. The van der Waals surface area contributed by atoms with Crippen molar-refractivity contribution in [2.75, 3.05) is 38.5 Å². The van der Waals surface area contributed by atoms with Gasteiger partial charge in [0.1, 0.15) is 0 Å². The molecule has 0 aromatic heterocycles. The fourth-order valence-corrected chi connectivity index (χ4v) is 5.91. The third-order valence-electron chi connectivity index (χ3n) is 4.02. The van der Waals surface area contributed by atoms with Crippen LogP contribution < -0.4 is 5.73 Å². The van der Waals surface area contributed by atoms with Crippen LogP contribution in [-0.4, -0.2) is 60.8 Å². The number of rotatable bonds is 4. The molecule has 0 aliphatic carbocycles. The average Bonchev–Trinajstić information content (AvgIpc) is 2.47. The van der Waals surface area contributed by atoms with Gasteiger partial charge in [0.25, 0.3) is 10.2 Å². The van der Waals surface area contributed by atoms with E-state index in [2.05, 4.69) is 6.92 Å². The van der Waals surface area contributed by atoms with E-state index in [4.69, 9.17) is 5.73 Å². The smallest absolute Gasteiger partial charge is 0.282 e. The molecule has 7 heteroatoms. The minimum Gasteiger partial charge on any atom is -0.330 e. The van der Waals surface area contributed by atoms with Crippen LogP contribution in [0.15, 0.2) is 0 Å². The summed E-state index contributed by atoms with van der Waals surface area (Å²) in [4.78, 5) is 0. The Morgan fingerprint density at radius 3 is 2.68 bits per heavy atom. The minimum atomic E-state index is -3.27. The first-order chi connectivity index (χ1) is 9.07. The molecule has 2 heterocycles. The zero-order valence-corrected chi connectivity index (χ0v) is 13.3. The quantitative estimate of drug-likeness (QED) is 0.831. The highest BCUT2D eigenvalue weighted by Crippen LogP contribution is 2.26. The van der Waals surface area contributed by atoms with Crippen LogP contribution in [0.2, 0.25) is 0 Å². The number of nitrogens with zero attached hydrogens (tertiary/aromatic N) is 2. The first-order valence-electron chi connectivity index (χ1n) is 7.14. The Bertz CT molecular complexity index is 358. The van der Waals surface area contributed by atoms with Crippen molar-refractivity contribution in [2.45, 2.75) is 31.4 Å². The number of hydrogen-bond acceptors (Lipinski definition) is 4. The lowest BCUT2D eigenvalue weighted by Crippen LogP contribution is -2.52. The van der Waals surface area contributed by atoms with E-state index in [-0.39, 0.29) is 0 Å². The Kier molecular flexibility index (Phi) is 5.54. The van der Waals surface area contributed by atoms with Gasteiger partial charge in [-0.05, 0) is 31.7 Å². The van der Waals surface area contributed by atoms with Crippen molar-refractivity contribution < 1.29 is 8.42 Å². The second-order valence-corrected chi connectivity index (χ2v) is 8.71. The second-order valence-electron chi connectivity index (χ2n) is 5.37. The van der Waals surface area contributed by atoms with Gasteiger partial charge in [0, 0.05) is 37.2 Å². The van der Waals surface area contributed by atoms with Gasteiger partial charge in [-0.3, -0.25) is 0 Å². The van der Waals surface area contributed by atoms with Crippen molar-refractivity contribution in [3.05, 3.63) is 0 Å². The normalized spacial score (nSPS) is 31.5. The van der Waals surface area contributed by atoms with Crippen molar-refractivity contribution in [3.8, 4) is 0 Å². The van der Waals surface area contributed by atoms with Gasteiger partial charge in [0.05, 0.1) is 0 Å². The van der Waals surface area contributed by atoms with E-state index in [1.807, 2.05) is 11.8 Å². The molecule has 2 saturated heterocycles. The van der Waals surface area contributed by atoms with Crippen LogP contribution in [0.4, 0.5) is 0 Å². The summed E-state index contributed by atoms with van der Waals surface area (Å²) in [5, 5.41) is 0.443. The van der Waals surface area contributed by atoms with Crippen LogP contribution in [-0.2, 0) is 10.2 Å². The third kappa shape index (κ3) is 3.64. The van der Waals surface area contributed by atoms with Crippen LogP contribution in [0.1, 0.15) is 26.2 Å². The number of piperidine rings is 1. The molecule has 2 aliphatic heterocycles. The standard InChI is InChI=1S/C12H25N3O2S2/c1-2-12-10-15(6-7-18-12)19(16,17)14-5-3-4-11(8-13)9-14/h11-12H,2-10,13H2,1H3. The van der Waals surface area contributed by atoms with E-state index < -0.39 is 10.2 Å². The molecule has 2 rings (SSSR count). The number of thioether (sulfide) groups is 1. The monoisotopic (exact) mass is 307 g/mol. The Balaban J connectivity index is 2.04. The van der Waals surface area contributed by atoms with Gasteiger partial charge >= 0.3 is 0 Å². The van der Waals surface area contributed by atoms with Crippen molar-refractivity contribution in [2.24, 2.45) is 11.7 Å². The molecule has 0 saturated carbocycles. The van der Waals surface area contributed by atoms with Crippen LogP contribution in [0.25, 0.3) is 0 Å². The summed E-state index contributed by atoms with van der Waals surface area (Å²) in [6.45, 7) is 5.26. The Hall–Kier alpha value is 0.180. The van der Waals surface area contributed by atoms with Gasteiger partial charge in [0.15, 0.2) is 0 Å². The van der Waals surface area contributed by atoms with Gasteiger partial charge < -0.3 is 5.73 Å². The predicted molar refractivity (Wildman–Crippen MR) is 80.4 cm³/mol. The van der Waals surface area contributed by atoms with Gasteiger partial charge in [-0.2, -0.15) is 28.8 Å². The summed E-state index contributed by atoms with van der Waals surface area (Å²) in [5.74, 6) is 1.23. The highest BCUT2D eigenvalue weighted by atomic mass is 32.2. The lowest BCUT2D eigenvalue weighted by Gasteiger charge is -2.38. The summed E-state index contributed by atoms with van der Waals surface area (Å²) in [5.41, 5.74) is 5.69. The fourth-order valence-electron chi connectivity index (χ4n) is 2.74. The molecule has 2 atom stereocenters. The average molecular weight is 307 g/mol. The van der Waals surface area contributed by atoms with Gasteiger partial charge in [-0.1, -0.05) is 6.92 Å². The summed E-state index contributed by atoms with van der Waals surface area (Å²) in [7, 11) is -3.27. The Labute approximate surface area is 121 Å². The molecule has 5 nitrogen and oxygen atoms in total. The zero-order chi connectivity index (χ0) is 13.9. The molecule has 2 aliphatic rings. The van der Waals surface area contributed by atoms with Crippen molar-refractivity contribution in [3.63, 3.8) is 0 Å². The second kappa shape index (κ2) is 6.76. The topological polar surface area (TPSA) is 66.6 Å². The predicted octanol–water partition coefficient (Wildman–Crippen LogP) is 0.729. The number of nitrogens with two attached hydrogens (primary N) is 1. The Morgan fingerprint density at radius 2 is 2.00 bits per heavy atom. The summed E-state index contributed by atoms with van der Waals surface area (Å²) >= 11 is 1.89. The van der Waals surface area contributed by atoms with Crippen LogP contribution >= 0.6 is 11.8 Å². The van der Waals surface area contributed by atoms with E-state index in [0.29, 0.717) is 43.9 Å². The van der Waals surface area contributed by atoms with Crippen LogP contribution in [0.3, 0.4) is 0 Å². The molecule has 2 fully saturated rings. The molecular weight excluding hydrogens is 282 g/mol. The van der Waals surface area contributed by atoms with E-state index in [1.165, 1.54) is 0 Å². The van der Waals surface area contributed by atoms with Crippen LogP contribution in [0, 0.1) is 5.92 Å². The largest absolute Gasteiger partial charge is 0.330 e. The minimum absolute atomic E-state index is 0.324. The van der Waals surface area contributed by atoms with Crippen LogP contribution in [0.5, 0.6) is 0 Å². The molecule has 112 valence electrons. The highest BCUT2D eigenvalue weighted by Gasteiger charge is 2.35. The fraction of sp³-hybridized carbons (Fsp3) is 1.00. The first kappa shape index (κ1) is 15.6. The van der Waals surface area contributed by atoms with E-state index in [9.17, 15) is 8.42 Å². The molecule has 0 radical (unpaired) electrons. The molecule has 0 bridgehead atoms. The van der Waals surface area contributed by atoms with Gasteiger partial charge in [0.2, 0.25) is 0 Å². The molecule has 0 aromatic carbocycles. The van der Waals surface area contributed by atoms with Gasteiger partial charge in [-0.15, -0.1) is 0 Å². The van der Waals surface area contributed by atoms with E-state index in [1.54, 1.807) is 8.61 Å². The molecular formula is C12H25N3O2S2. The number of hydrogen-bond donors (Lipinski definition) is 1. The molecule has 2 unspecified atom stereocenters. The van der Waals surface area contributed by atoms with E-state index >= 15 is 0 Å². The van der Waals surface area contributed by atoms with Crippen molar-refractivity contribution in [1.29, 1.82) is 0 Å². The SMILES string of the molecule is CCC1CN(S(=O)(=O)N2CCCC(CN)C2)CCS1. The summed E-state index contributed by atoms with van der Waals surface area (Å²) < 4.78 is 28.7. The summed E-state index contributed by atoms with van der Waals surface area (Å²) in [6, 6.07) is 0. The first-order valence-corrected chi connectivity index (χ1v) is 9.59. The zero-order valence-electron chi connectivity index (χ0n) is 11.6. The summed E-state index contributed by atoms with van der Waals surface area (Å²) in [6.07, 6.45) is 3.01. The molecule has 2 N–H and O–H groups in total. The van der Waals surface area contributed by atoms with Crippen molar-refractivity contribution >= 4 is 22.0 Å². The third-order valence-corrected chi connectivity index (χ3v) is 7.37. The molecule has 0 aromatic rings. The lowest BCUT2D eigenvalue weighted by atomic mass is 10.0. The van der Waals surface area contributed by atoms with E-state index in [0.717, 1.165) is 25.0 Å². The highest BCUT2D eigenvalue weighted by molar-refractivity contribution is 8.00. The molecule has 19 heavy (non-hydrogen) atoms. The lowest BCUT2D eigenvalue weighted by molar-refractivity contribution is 0.250. The maximum absolute atomic E-state index is 12.7. The van der Waals surface area contributed by atoms with Gasteiger partial charge in [-0.25, -0.2) is 0 Å². The Morgan fingerprint density at radius 1 is 1.26 bits per heavy atom.